The largest absolute Gasteiger partial charge is 0.493 e. The number of hydrogen-bond donors (Lipinski definition) is 3. The van der Waals surface area contributed by atoms with Gasteiger partial charge in [0.25, 0.3) is 0 Å². The van der Waals surface area contributed by atoms with Crippen LogP contribution < -0.4 is 15.2 Å². The molecule has 0 saturated heterocycles. The van der Waals surface area contributed by atoms with Crippen LogP contribution in [0.1, 0.15) is 87.1 Å². The molecule has 1 aromatic heterocycles. The van der Waals surface area contributed by atoms with Crippen LogP contribution in [0.3, 0.4) is 0 Å². The number of carbonyl (C=O) groups is 1. The van der Waals surface area contributed by atoms with Crippen LogP contribution in [0.5, 0.6) is 5.75 Å². The third kappa shape index (κ3) is 6.19. The minimum atomic E-state index is -3.90. The fourth-order valence-electron chi connectivity index (χ4n) is 8.25. The van der Waals surface area contributed by atoms with Crippen LogP contribution in [0.15, 0.2) is 59.6 Å². The number of ether oxygens (including phenoxy) is 1. The molecule has 1 unspecified atom stereocenters. The van der Waals surface area contributed by atoms with E-state index in [1.54, 1.807) is 30.3 Å². The molecule has 6 rings (SSSR count). The smallest absolute Gasteiger partial charge is 0.329 e. The summed E-state index contributed by atoms with van der Waals surface area (Å²) in [6, 6.07) is 14.3. The number of anilines is 1. The summed E-state index contributed by atoms with van der Waals surface area (Å²) in [6.07, 6.45) is 8.75. The number of nitrogens with one attached hydrogen (secondary N) is 1. The molecule has 3 aromatic rings. The number of benzene rings is 2. The Bertz CT molecular complexity index is 1700. The van der Waals surface area contributed by atoms with Gasteiger partial charge in [-0.1, -0.05) is 37.6 Å². The molecule has 2 aromatic carbocycles. The van der Waals surface area contributed by atoms with E-state index in [2.05, 4.69) is 24.1 Å². The monoisotopic (exact) mass is 651 g/mol. The lowest BCUT2D eigenvalue weighted by Crippen LogP contribution is -2.53. The van der Waals surface area contributed by atoms with Crippen molar-refractivity contribution in [1.82, 2.24) is 4.98 Å². The topological polar surface area (TPSA) is 132 Å². The van der Waals surface area contributed by atoms with E-state index in [1.165, 1.54) is 5.56 Å². The van der Waals surface area contributed by atoms with E-state index >= 15 is 0 Å². The zero-order valence-corrected chi connectivity index (χ0v) is 27.5. The Labute approximate surface area is 270 Å². The van der Waals surface area contributed by atoms with Crippen molar-refractivity contribution in [2.24, 2.45) is 17.0 Å². The van der Waals surface area contributed by atoms with E-state index in [1.807, 2.05) is 24.4 Å². The molecule has 1 saturated carbocycles. The van der Waals surface area contributed by atoms with Gasteiger partial charge >= 0.3 is 5.97 Å². The molecule has 4 N–H and O–H groups in total. The molecule has 1 spiro atoms. The van der Waals surface area contributed by atoms with Gasteiger partial charge < -0.3 is 15.2 Å². The molecule has 3 aliphatic carbocycles. The van der Waals surface area contributed by atoms with Crippen molar-refractivity contribution in [3.8, 4) is 5.75 Å². The maximum Gasteiger partial charge on any atom is 0.329 e. The van der Waals surface area contributed by atoms with Gasteiger partial charge in [0, 0.05) is 28.2 Å². The van der Waals surface area contributed by atoms with Crippen molar-refractivity contribution in [2.45, 2.75) is 93.4 Å². The van der Waals surface area contributed by atoms with Gasteiger partial charge in [-0.2, -0.15) is 0 Å². The molecular weight excluding hydrogens is 610 g/mol. The number of carboxylic acid groups (broad SMARTS) is 1. The number of fused-ring (bicyclic) bond motifs is 3. The first-order valence-electron chi connectivity index (χ1n) is 15.9. The number of nitrogens with zero attached hydrogens (tertiary/aromatic N) is 1. The van der Waals surface area contributed by atoms with Gasteiger partial charge in [0.05, 0.1) is 11.5 Å². The van der Waals surface area contributed by atoms with Gasteiger partial charge in [0.2, 0.25) is 10.0 Å². The highest BCUT2D eigenvalue weighted by Gasteiger charge is 2.54. The Morgan fingerprint density at radius 3 is 2.67 bits per heavy atom. The average Bonchev–Trinajstić information content (AvgIpc) is 3.28. The fraction of sp³-hybridized carbons (Fsp3) is 0.486. The van der Waals surface area contributed by atoms with E-state index in [0.29, 0.717) is 48.9 Å². The van der Waals surface area contributed by atoms with Crippen molar-refractivity contribution in [2.75, 3.05) is 11.9 Å². The zero-order valence-electron chi connectivity index (χ0n) is 25.9. The summed E-state index contributed by atoms with van der Waals surface area (Å²) in [5, 5.41) is 19.9. The summed E-state index contributed by atoms with van der Waals surface area (Å²) < 4.78 is 31.2. The minimum Gasteiger partial charge on any atom is -0.493 e. The molecule has 45 heavy (non-hydrogen) atoms. The summed E-state index contributed by atoms with van der Waals surface area (Å²) in [4.78, 5) is 17.5. The molecule has 1 heterocycles. The first-order valence-corrected chi connectivity index (χ1v) is 17.9. The molecule has 0 amide bonds. The molecule has 0 radical (unpaired) electrons. The molecule has 3 atom stereocenters. The van der Waals surface area contributed by atoms with E-state index in [-0.39, 0.29) is 22.1 Å². The van der Waals surface area contributed by atoms with E-state index in [9.17, 15) is 18.3 Å². The average molecular weight is 652 g/mol. The maximum absolute atomic E-state index is 12.8. The number of aliphatic carboxylic acids is 1. The molecule has 0 aliphatic heterocycles. The Balaban J connectivity index is 1.26. The van der Waals surface area contributed by atoms with Gasteiger partial charge in [-0.05, 0) is 128 Å². The van der Waals surface area contributed by atoms with Crippen molar-refractivity contribution in [3.63, 3.8) is 0 Å². The number of halogens is 1. The summed E-state index contributed by atoms with van der Waals surface area (Å²) in [5.41, 5.74) is 3.62. The summed E-state index contributed by atoms with van der Waals surface area (Å²) >= 11 is 6.21. The molecule has 240 valence electrons. The van der Waals surface area contributed by atoms with Crippen molar-refractivity contribution in [3.05, 3.63) is 82.1 Å². The lowest BCUT2D eigenvalue weighted by Gasteiger charge is -2.47. The lowest BCUT2D eigenvalue weighted by atomic mass is 9.59. The van der Waals surface area contributed by atoms with Gasteiger partial charge in [0.15, 0.2) is 0 Å². The Hall–Kier alpha value is -3.14. The molecule has 0 bridgehead atoms. The number of rotatable bonds is 9. The summed E-state index contributed by atoms with van der Waals surface area (Å²) in [7, 11) is -3.90. The van der Waals surface area contributed by atoms with Crippen LogP contribution in [0.25, 0.3) is 0 Å². The zero-order chi connectivity index (χ0) is 32.0. The highest BCUT2D eigenvalue weighted by Crippen LogP contribution is 2.56. The minimum absolute atomic E-state index is 0.0985. The molecule has 8 nitrogen and oxygen atoms in total. The van der Waals surface area contributed by atoms with Crippen LogP contribution >= 0.6 is 11.6 Å². The number of sulfonamides is 1. The molecule has 3 aliphatic rings. The first-order chi connectivity index (χ1) is 21.4. The maximum atomic E-state index is 12.8. The SMILES string of the molecule is C[C@@H](COc1ccnc2c1[C@H](C)CCC2)CC1Cc2ccc(S(N)(=O)=O)cc2C12CCC(Nc1cccc(Cl)c1)(C(=O)O)CC2. The van der Waals surface area contributed by atoms with Gasteiger partial charge in [0.1, 0.15) is 11.3 Å². The van der Waals surface area contributed by atoms with Crippen molar-refractivity contribution < 1.29 is 23.1 Å². The fourth-order valence-corrected chi connectivity index (χ4v) is 8.98. The third-order valence-corrected chi connectivity index (χ3v) is 11.7. The lowest BCUT2D eigenvalue weighted by molar-refractivity contribution is -0.144. The Morgan fingerprint density at radius 1 is 1.18 bits per heavy atom. The van der Waals surface area contributed by atoms with Crippen LogP contribution in [0, 0.1) is 11.8 Å². The van der Waals surface area contributed by atoms with Gasteiger partial charge in [-0.3, -0.25) is 4.98 Å². The highest BCUT2D eigenvalue weighted by molar-refractivity contribution is 7.89. The number of primary sulfonamides is 1. The standard InChI is InChI=1S/C35H42ClN3O5S/c1-22(21-44-31-11-16-38-30-8-3-5-23(2)32(30)31)17-25-18-24-9-10-28(45(37,42)43)20-29(24)34(25)12-14-35(15-13-34,33(40)41)39-27-7-4-6-26(36)19-27/h4,6-7,9-11,16,19-20,22-23,25,39H,3,5,8,12-15,17-18,21H2,1-2H3,(H,40,41)(H2,37,42,43)/t22-,23-,25?,34?,35?/m1/s1. The van der Waals surface area contributed by atoms with Crippen LogP contribution in [0.4, 0.5) is 5.69 Å². The van der Waals surface area contributed by atoms with Crippen molar-refractivity contribution in [1.29, 1.82) is 0 Å². The van der Waals surface area contributed by atoms with Crippen molar-refractivity contribution >= 4 is 33.3 Å². The molecular formula is C35H42ClN3O5S. The van der Waals surface area contributed by atoms with E-state index < -0.39 is 21.5 Å². The van der Waals surface area contributed by atoms with Gasteiger partial charge in [-0.15, -0.1) is 0 Å². The van der Waals surface area contributed by atoms with Gasteiger partial charge in [-0.25, -0.2) is 18.4 Å². The second-order valence-corrected chi connectivity index (χ2v) is 15.6. The third-order valence-electron chi connectivity index (χ3n) is 10.6. The molecule has 10 heteroatoms. The van der Waals surface area contributed by atoms with E-state index in [4.69, 9.17) is 21.5 Å². The first kappa shape index (κ1) is 31.8. The number of aryl methyl sites for hydroxylation is 1. The number of nitrogens with two attached hydrogens (primary N) is 1. The predicted molar refractivity (Wildman–Crippen MR) is 175 cm³/mol. The summed E-state index contributed by atoms with van der Waals surface area (Å²) in [6.45, 7) is 5.01. The quantitative estimate of drug-likeness (QED) is 0.231. The molecule has 1 fully saturated rings. The predicted octanol–water partition coefficient (Wildman–Crippen LogP) is 6.85. The second kappa shape index (κ2) is 12.2. The normalized spacial score (nSPS) is 26.6. The second-order valence-electron chi connectivity index (χ2n) is 13.6. The van der Waals surface area contributed by atoms with Crippen LogP contribution in [-0.2, 0) is 33.1 Å². The Kier molecular flexibility index (Phi) is 8.65. The number of carboxylic acids is 1. The number of hydrogen-bond acceptors (Lipinski definition) is 6. The van der Waals surface area contributed by atoms with Crippen LogP contribution in [0.2, 0.25) is 5.02 Å². The van der Waals surface area contributed by atoms with Crippen LogP contribution in [-0.4, -0.2) is 36.6 Å². The van der Waals surface area contributed by atoms with E-state index in [0.717, 1.165) is 54.7 Å². The summed E-state index contributed by atoms with van der Waals surface area (Å²) in [5.74, 6) is 0.868. The number of pyridine rings is 1. The Morgan fingerprint density at radius 2 is 1.96 bits per heavy atom. The number of aromatic nitrogens is 1. The highest BCUT2D eigenvalue weighted by atomic mass is 35.5.